The molecule has 1 fully saturated rings. The van der Waals surface area contributed by atoms with Crippen molar-refractivity contribution < 1.29 is 22.7 Å². The van der Waals surface area contributed by atoms with Crippen LogP contribution in [0.1, 0.15) is 11.3 Å². The number of carbonyl (C=O) groups is 1. The minimum absolute atomic E-state index is 0.157. The fourth-order valence-corrected chi connectivity index (χ4v) is 3.51. The molecule has 0 radical (unpaired) electrons. The molecule has 3 rings (SSSR count). The predicted octanol–water partition coefficient (Wildman–Crippen LogP) is 3.52. The Morgan fingerprint density at radius 1 is 1.20 bits per heavy atom. The number of methoxy groups -OCH3 is 1. The minimum Gasteiger partial charge on any atom is -0.495 e. The molecule has 0 spiro atoms. The topological polar surface area (TPSA) is 57.7 Å². The minimum atomic E-state index is -4.47. The molecule has 10 heteroatoms. The first-order chi connectivity index (χ1) is 14.3. The van der Waals surface area contributed by atoms with E-state index in [9.17, 15) is 18.0 Å². The van der Waals surface area contributed by atoms with E-state index >= 15 is 0 Å². The van der Waals surface area contributed by atoms with Crippen LogP contribution in [-0.2, 0) is 17.5 Å². The van der Waals surface area contributed by atoms with Gasteiger partial charge in [0.25, 0.3) is 0 Å². The van der Waals surface area contributed by atoms with Gasteiger partial charge in [-0.05, 0) is 29.8 Å². The maximum absolute atomic E-state index is 13.1. The van der Waals surface area contributed by atoms with Crippen molar-refractivity contribution in [2.45, 2.75) is 12.7 Å². The Morgan fingerprint density at radius 2 is 1.90 bits per heavy atom. The third-order valence-corrected chi connectivity index (χ3v) is 5.06. The van der Waals surface area contributed by atoms with Crippen LogP contribution in [0.2, 0.25) is 5.02 Å². The quantitative estimate of drug-likeness (QED) is 0.742. The van der Waals surface area contributed by atoms with Crippen molar-refractivity contribution in [3.63, 3.8) is 0 Å². The van der Waals surface area contributed by atoms with Crippen LogP contribution in [0.3, 0.4) is 0 Å². The van der Waals surface area contributed by atoms with Crippen LogP contribution in [0, 0.1) is 0 Å². The number of nitrogens with zero attached hydrogens (tertiary/aromatic N) is 3. The Balaban J connectivity index is 1.52. The zero-order valence-electron chi connectivity index (χ0n) is 16.4. The summed E-state index contributed by atoms with van der Waals surface area (Å²) < 4.78 is 44.6. The van der Waals surface area contributed by atoms with E-state index < -0.39 is 11.9 Å². The molecule has 1 saturated heterocycles. The number of ether oxygens (including phenoxy) is 1. The van der Waals surface area contributed by atoms with Crippen molar-refractivity contribution in [3.8, 4) is 5.75 Å². The van der Waals surface area contributed by atoms with Crippen LogP contribution >= 0.6 is 11.6 Å². The molecule has 6 nitrogen and oxygen atoms in total. The number of rotatable bonds is 6. The number of hydrogen-bond donors (Lipinski definition) is 1. The van der Waals surface area contributed by atoms with Gasteiger partial charge in [-0.1, -0.05) is 17.7 Å². The summed E-state index contributed by atoms with van der Waals surface area (Å²) in [5.41, 5.74) is -0.198. The van der Waals surface area contributed by atoms with E-state index in [1.807, 2.05) is 9.80 Å². The summed E-state index contributed by atoms with van der Waals surface area (Å²) in [5.74, 6) is 0.296. The summed E-state index contributed by atoms with van der Waals surface area (Å²) in [6, 6.07) is 7.91. The van der Waals surface area contributed by atoms with E-state index in [1.165, 1.54) is 19.2 Å². The molecule has 1 aromatic carbocycles. The Kier molecular flexibility index (Phi) is 7.17. The number of anilines is 1. The second kappa shape index (κ2) is 9.63. The molecule has 0 atom stereocenters. The summed E-state index contributed by atoms with van der Waals surface area (Å²) in [4.78, 5) is 19.8. The maximum atomic E-state index is 13.1. The zero-order chi connectivity index (χ0) is 21.7. The lowest BCUT2D eigenvalue weighted by molar-refractivity contribution is -0.142. The van der Waals surface area contributed by atoms with E-state index in [1.54, 1.807) is 18.2 Å². The van der Waals surface area contributed by atoms with E-state index in [4.69, 9.17) is 16.3 Å². The maximum Gasteiger partial charge on any atom is 0.433 e. The van der Waals surface area contributed by atoms with Gasteiger partial charge in [-0.25, -0.2) is 0 Å². The van der Waals surface area contributed by atoms with E-state index in [0.29, 0.717) is 42.6 Å². The number of benzene rings is 1. The highest BCUT2D eigenvalue weighted by Gasteiger charge is 2.35. The normalized spacial score (nSPS) is 15.8. The lowest BCUT2D eigenvalue weighted by Crippen LogP contribution is -2.48. The molecule has 1 amide bonds. The molecule has 1 N–H and O–H groups in total. The van der Waals surface area contributed by atoms with Gasteiger partial charge in [0.2, 0.25) is 5.91 Å². The number of halogens is 4. The number of piperazine rings is 1. The van der Waals surface area contributed by atoms with Gasteiger partial charge in [-0.3, -0.25) is 19.6 Å². The van der Waals surface area contributed by atoms with Gasteiger partial charge in [0.05, 0.1) is 19.3 Å². The van der Waals surface area contributed by atoms with Crippen molar-refractivity contribution in [3.05, 3.63) is 52.8 Å². The van der Waals surface area contributed by atoms with Crippen LogP contribution in [-0.4, -0.2) is 60.5 Å². The summed E-state index contributed by atoms with van der Waals surface area (Å²) in [7, 11) is 1.50. The van der Waals surface area contributed by atoms with Crippen LogP contribution in [0.4, 0.5) is 18.9 Å². The lowest BCUT2D eigenvalue weighted by Gasteiger charge is -2.34. The zero-order valence-corrected chi connectivity index (χ0v) is 17.1. The van der Waals surface area contributed by atoms with E-state index in [0.717, 1.165) is 6.20 Å². The van der Waals surface area contributed by atoms with Gasteiger partial charge in [0.1, 0.15) is 11.4 Å². The fraction of sp³-hybridized carbons (Fsp3) is 0.400. The molecule has 0 aliphatic carbocycles. The molecule has 162 valence electrons. The second-order valence-electron chi connectivity index (χ2n) is 6.95. The molecule has 1 aromatic heterocycles. The summed E-state index contributed by atoms with van der Waals surface area (Å²) in [6.07, 6.45) is -3.32. The van der Waals surface area contributed by atoms with E-state index in [2.05, 4.69) is 10.3 Å². The monoisotopic (exact) mass is 442 g/mol. The Hall–Kier alpha value is -2.36. The fourth-order valence-electron chi connectivity index (χ4n) is 3.34. The molecule has 1 aliphatic heterocycles. The van der Waals surface area contributed by atoms with Gasteiger partial charge < -0.3 is 10.1 Å². The number of aromatic nitrogens is 1. The van der Waals surface area contributed by atoms with Crippen LogP contribution in [0.25, 0.3) is 0 Å². The molecule has 30 heavy (non-hydrogen) atoms. The average molecular weight is 443 g/mol. The highest BCUT2D eigenvalue weighted by Crippen LogP contribution is 2.31. The molecule has 1 aliphatic rings. The Bertz CT molecular complexity index is 887. The van der Waals surface area contributed by atoms with Gasteiger partial charge >= 0.3 is 6.18 Å². The number of hydrogen-bond acceptors (Lipinski definition) is 5. The highest BCUT2D eigenvalue weighted by atomic mass is 35.5. The Labute approximate surface area is 177 Å². The van der Waals surface area contributed by atoms with Crippen LogP contribution < -0.4 is 10.1 Å². The third-order valence-electron chi connectivity index (χ3n) is 4.82. The third kappa shape index (κ3) is 5.84. The highest BCUT2D eigenvalue weighted by molar-refractivity contribution is 6.31. The molecule has 2 aromatic rings. The van der Waals surface area contributed by atoms with Gasteiger partial charge in [-0.15, -0.1) is 0 Å². The summed E-state index contributed by atoms with van der Waals surface area (Å²) in [6.45, 7) is 2.59. The van der Waals surface area contributed by atoms with E-state index in [-0.39, 0.29) is 24.6 Å². The van der Waals surface area contributed by atoms with Crippen molar-refractivity contribution in [2.24, 2.45) is 0 Å². The molecule has 0 bridgehead atoms. The summed E-state index contributed by atoms with van der Waals surface area (Å²) >= 11 is 5.97. The number of pyridine rings is 1. The Morgan fingerprint density at radius 3 is 2.57 bits per heavy atom. The number of carbonyl (C=O) groups excluding carboxylic acids is 1. The van der Waals surface area contributed by atoms with Crippen LogP contribution in [0.5, 0.6) is 5.75 Å². The first-order valence-electron chi connectivity index (χ1n) is 9.35. The number of amides is 1. The predicted molar refractivity (Wildman–Crippen MR) is 108 cm³/mol. The van der Waals surface area contributed by atoms with Crippen molar-refractivity contribution >= 4 is 23.2 Å². The van der Waals surface area contributed by atoms with Gasteiger partial charge in [0, 0.05) is 43.9 Å². The average Bonchev–Trinajstić information content (AvgIpc) is 2.69. The number of nitrogens with one attached hydrogen (secondary N) is 1. The summed E-state index contributed by atoms with van der Waals surface area (Å²) in [5, 5.41) is 3.27. The number of alkyl halides is 3. The largest absolute Gasteiger partial charge is 0.495 e. The van der Waals surface area contributed by atoms with Crippen LogP contribution in [0.15, 0.2) is 36.5 Å². The van der Waals surface area contributed by atoms with Gasteiger partial charge in [0.15, 0.2) is 0 Å². The van der Waals surface area contributed by atoms with Crippen molar-refractivity contribution in [2.75, 3.05) is 45.2 Å². The molecular formula is C20H22ClF3N4O2. The SMILES string of the molecule is COc1ccc(Cl)cc1NC(=O)CN1CCN(Cc2cccnc2C(F)(F)F)CC1. The van der Waals surface area contributed by atoms with Crippen molar-refractivity contribution in [1.82, 2.24) is 14.8 Å². The molecular weight excluding hydrogens is 421 g/mol. The lowest BCUT2D eigenvalue weighted by atomic mass is 10.1. The van der Waals surface area contributed by atoms with Gasteiger partial charge in [-0.2, -0.15) is 13.2 Å². The first-order valence-corrected chi connectivity index (χ1v) is 9.73. The van der Waals surface area contributed by atoms with Crippen molar-refractivity contribution in [1.29, 1.82) is 0 Å². The molecule has 0 unspecified atom stereocenters. The molecule has 0 saturated carbocycles. The smallest absolute Gasteiger partial charge is 0.433 e. The standard InChI is InChI=1S/C20H22ClF3N4O2/c1-30-17-5-4-15(21)11-16(17)26-18(29)13-28-9-7-27(8-10-28)12-14-3-2-6-25-19(14)20(22,23)24/h2-6,11H,7-10,12-13H2,1H3,(H,26,29). The second-order valence-corrected chi connectivity index (χ2v) is 7.39. The first kappa shape index (κ1) is 22.3. The molecule has 2 heterocycles.